The minimum absolute atomic E-state index is 0.0684. The van der Waals surface area contributed by atoms with Crippen LogP contribution in [-0.4, -0.2) is 11.8 Å². The van der Waals surface area contributed by atoms with Crippen LogP contribution in [0.25, 0.3) is 0 Å². The number of carbonyl (C=O) groups excluding carboxylic acids is 2. The number of rotatable bonds is 8. The summed E-state index contributed by atoms with van der Waals surface area (Å²) in [4.78, 5) is 27.5. The molecule has 0 aliphatic carbocycles. The van der Waals surface area contributed by atoms with Crippen molar-refractivity contribution in [1.29, 1.82) is 0 Å². The minimum atomic E-state index is -0.230. The van der Waals surface area contributed by atoms with Crippen molar-refractivity contribution in [3.05, 3.63) is 125 Å². The van der Waals surface area contributed by atoms with Gasteiger partial charge in [0.1, 0.15) is 0 Å². The first-order chi connectivity index (χ1) is 16.5. The number of hydrogen-bond acceptors (Lipinski definition) is 3. The third-order valence-electron chi connectivity index (χ3n) is 5.60. The Hall–Kier alpha value is -4.12. The summed E-state index contributed by atoms with van der Waals surface area (Å²) < 4.78 is 5.38. The lowest BCUT2D eigenvalue weighted by Crippen LogP contribution is -2.30. The van der Waals surface area contributed by atoms with Crippen LogP contribution in [0.2, 0.25) is 0 Å². The van der Waals surface area contributed by atoms with E-state index in [1.165, 1.54) is 6.26 Å². The standard InChI is InChI=1S/C29H28N2O3/c1-21-11-13-23(14-12-21)20-31(29(33)27-10-5-15-34-27)26-9-4-7-24(17-26)18-28(32)30-19-25-8-3-6-22(2)16-25/h3-17H,18-20H2,1-2H3,(H,30,32). The molecule has 5 heteroatoms. The Kier molecular flexibility index (Phi) is 7.23. The van der Waals surface area contributed by atoms with Gasteiger partial charge in [-0.2, -0.15) is 0 Å². The number of nitrogens with zero attached hydrogens (tertiary/aromatic N) is 1. The van der Waals surface area contributed by atoms with Crippen LogP contribution in [0, 0.1) is 13.8 Å². The summed E-state index contributed by atoms with van der Waals surface area (Å²) in [6, 6.07) is 27.1. The molecular formula is C29H28N2O3. The van der Waals surface area contributed by atoms with Crippen molar-refractivity contribution in [2.75, 3.05) is 4.90 Å². The summed E-state index contributed by atoms with van der Waals surface area (Å²) in [6.45, 7) is 4.94. The van der Waals surface area contributed by atoms with Crippen molar-refractivity contribution >= 4 is 17.5 Å². The average Bonchev–Trinajstić information content (AvgIpc) is 3.37. The van der Waals surface area contributed by atoms with Crippen LogP contribution >= 0.6 is 0 Å². The van der Waals surface area contributed by atoms with Gasteiger partial charge in [0.05, 0.1) is 19.2 Å². The zero-order chi connectivity index (χ0) is 23.9. The number of aryl methyl sites for hydroxylation is 2. The molecule has 0 atom stereocenters. The van der Waals surface area contributed by atoms with E-state index in [4.69, 9.17) is 4.42 Å². The van der Waals surface area contributed by atoms with E-state index in [2.05, 4.69) is 11.4 Å². The van der Waals surface area contributed by atoms with Gasteiger partial charge in [-0.3, -0.25) is 9.59 Å². The van der Waals surface area contributed by atoms with Crippen LogP contribution in [0.1, 0.15) is 38.4 Å². The predicted octanol–water partition coefficient (Wildman–Crippen LogP) is 5.60. The van der Waals surface area contributed by atoms with Gasteiger partial charge >= 0.3 is 0 Å². The van der Waals surface area contributed by atoms with Gasteiger partial charge in [-0.25, -0.2) is 0 Å². The number of carbonyl (C=O) groups is 2. The molecule has 0 aliphatic heterocycles. The van der Waals surface area contributed by atoms with E-state index in [1.54, 1.807) is 17.0 Å². The molecule has 34 heavy (non-hydrogen) atoms. The highest BCUT2D eigenvalue weighted by Gasteiger charge is 2.21. The average molecular weight is 453 g/mol. The van der Waals surface area contributed by atoms with E-state index in [1.807, 2.05) is 80.6 Å². The molecule has 0 bridgehead atoms. The Labute approximate surface area is 200 Å². The molecule has 0 saturated carbocycles. The molecule has 0 radical (unpaired) electrons. The van der Waals surface area contributed by atoms with Gasteiger partial charge in [-0.15, -0.1) is 0 Å². The zero-order valence-electron chi connectivity index (χ0n) is 19.5. The first kappa shape index (κ1) is 23.1. The molecule has 0 spiro atoms. The van der Waals surface area contributed by atoms with Crippen LogP contribution in [0.3, 0.4) is 0 Å². The highest BCUT2D eigenvalue weighted by atomic mass is 16.3. The van der Waals surface area contributed by atoms with Crippen LogP contribution in [-0.2, 0) is 24.3 Å². The fourth-order valence-electron chi connectivity index (χ4n) is 3.79. The molecule has 4 aromatic rings. The quantitative estimate of drug-likeness (QED) is 0.378. The number of nitrogens with one attached hydrogen (secondary N) is 1. The lowest BCUT2D eigenvalue weighted by Gasteiger charge is -2.23. The van der Waals surface area contributed by atoms with E-state index in [9.17, 15) is 9.59 Å². The van der Waals surface area contributed by atoms with Gasteiger partial charge in [-0.1, -0.05) is 71.8 Å². The first-order valence-electron chi connectivity index (χ1n) is 11.3. The Morgan fingerprint density at radius 1 is 0.794 bits per heavy atom. The molecule has 5 nitrogen and oxygen atoms in total. The van der Waals surface area contributed by atoms with Gasteiger partial charge in [0.2, 0.25) is 5.91 Å². The molecule has 0 aliphatic rings. The molecule has 0 saturated heterocycles. The third kappa shape index (κ3) is 6.01. The van der Waals surface area contributed by atoms with Crippen LogP contribution in [0.15, 0.2) is 95.6 Å². The maximum atomic E-state index is 13.3. The predicted molar refractivity (Wildman–Crippen MR) is 134 cm³/mol. The summed E-state index contributed by atoms with van der Waals surface area (Å²) >= 11 is 0. The Bertz CT molecular complexity index is 1260. The maximum Gasteiger partial charge on any atom is 0.294 e. The summed E-state index contributed by atoms with van der Waals surface area (Å²) in [6.07, 6.45) is 1.72. The number of hydrogen-bond donors (Lipinski definition) is 1. The second-order valence-corrected chi connectivity index (χ2v) is 8.47. The van der Waals surface area contributed by atoms with Gasteiger partial charge < -0.3 is 14.6 Å². The van der Waals surface area contributed by atoms with E-state index >= 15 is 0 Å². The van der Waals surface area contributed by atoms with Crippen molar-refractivity contribution in [2.24, 2.45) is 0 Å². The molecule has 0 fully saturated rings. The van der Waals surface area contributed by atoms with E-state index in [-0.39, 0.29) is 24.0 Å². The summed E-state index contributed by atoms with van der Waals surface area (Å²) in [5, 5.41) is 2.98. The normalized spacial score (nSPS) is 10.6. The van der Waals surface area contributed by atoms with Crippen molar-refractivity contribution in [3.63, 3.8) is 0 Å². The molecule has 172 valence electrons. The maximum absolute atomic E-state index is 13.3. The van der Waals surface area contributed by atoms with Gasteiger partial charge in [0, 0.05) is 12.2 Å². The molecule has 4 rings (SSSR count). The minimum Gasteiger partial charge on any atom is -0.459 e. The van der Waals surface area contributed by atoms with Crippen molar-refractivity contribution < 1.29 is 14.0 Å². The number of benzene rings is 3. The molecule has 0 unspecified atom stereocenters. The Morgan fingerprint density at radius 2 is 1.56 bits per heavy atom. The first-order valence-corrected chi connectivity index (χ1v) is 11.3. The molecular weight excluding hydrogens is 424 g/mol. The molecule has 1 N–H and O–H groups in total. The van der Waals surface area contributed by atoms with Crippen LogP contribution < -0.4 is 10.2 Å². The van der Waals surface area contributed by atoms with Crippen LogP contribution in [0.4, 0.5) is 5.69 Å². The molecule has 1 aromatic heterocycles. The van der Waals surface area contributed by atoms with Crippen molar-refractivity contribution in [3.8, 4) is 0 Å². The number of furan rings is 1. The molecule has 1 heterocycles. The second kappa shape index (κ2) is 10.7. The topological polar surface area (TPSA) is 62.6 Å². The number of anilines is 1. The fourth-order valence-corrected chi connectivity index (χ4v) is 3.79. The smallest absolute Gasteiger partial charge is 0.294 e. The summed E-state index contributed by atoms with van der Waals surface area (Å²) in [7, 11) is 0. The lowest BCUT2D eigenvalue weighted by atomic mass is 10.1. The van der Waals surface area contributed by atoms with Gasteiger partial charge in [0.25, 0.3) is 5.91 Å². The third-order valence-corrected chi connectivity index (χ3v) is 5.60. The highest BCUT2D eigenvalue weighted by Crippen LogP contribution is 2.22. The van der Waals surface area contributed by atoms with Crippen LogP contribution in [0.5, 0.6) is 0 Å². The SMILES string of the molecule is Cc1ccc(CN(C(=O)c2ccco2)c2cccc(CC(=O)NCc3cccc(C)c3)c2)cc1. The van der Waals surface area contributed by atoms with E-state index in [0.717, 1.165) is 27.8 Å². The zero-order valence-corrected chi connectivity index (χ0v) is 19.5. The van der Waals surface area contributed by atoms with Crippen molar-refractivity contribution in [1.82, 2.24) is 5.32 Å². The van der Waals surface area contributed by atoms with Gasteiger partial charge in [0.15, 0.2) is 5.76 Å². The molecule has 2 amide bonds. The number of amides is 2. The Balaban J connectivity index is 1.50. The summed E-state index contributed by atoms with van der Waals surface area (Å²) in [5.41, 5.74) is 5.94. The largest absolute Gasteiger partial charge is 0.459 e. The van der Waals surface area contributed by atoms with E-state index < -0.39 is 0 Å². The second-order valence-electron chi connectivity index (χ2n) is 8.47. The Morgan fingerprint density at radius 3 is 2.29 bits per heavy atom. The fraction of sp³-hybridized carbons (Fsp3) is 0.172. The lowest BCUT2D eigenvalue weighted by molar-refractivity contribution is -0.120. The molecule has 3 aromatic carbocycles. The van der Waals surface area contributed by atoms with Crippen molar-refractivity contribution in [2.45, 2.75) is 33.4 Å². The highest BCUT2D eigenvalue weighted by molar-refractivity contribution is 6.04. The van der Waals surface area contributed by atoms with Gasteiger partial charge in [-0.05, 0) is 54.8 Å². The van der Waals surface area contributed by atoms with E-state index in [0.29, 0.717) is 18.8 Å². The summed E-state index contributed by atoms with van der Waals surface area (Å²) in [5.74, 6) is -0.0267. The monoisotopic (exact) mass is 452 g/mol.